The molecule has 0 amide bonds. The number of hydrogen-bond acceptors (Lipinski definition) is 5. The van der Waals surface area contributed by atoms with Crippen LogP contribution >= 0.6 is 12.6 Å². The SMILES string of the molecule is COc1cc(C(O)C(O)CCS)ccc1CO. The minimum atomic E-state index is -0.969. The quantitative estimate of drug-likeness (QED) is 0.572. The van der Waals surface area contributed by atoms with Gasteiger partial charge < -0.3 is 20.1 Å². The maximum absolute atomic E-state index is 9.90. The molecule has 0 aromatic heterocycles. The summed E-state index contributed by atoms with van der Waals surface area (Å²) in [5.41, 5.74) is 1.21. The molecule has 1 aromatic rings. The lowest BCUT2D eigenvalue weighted by Crippen LogP contribution is -2.18. The molecular formula is C12H18O4S. The highest BCUT2D eigenvalue weighted by Gasteiger charge is 2.18. The Kier molecular flexibility index (Phi) is 5.77. The molecule has 17 heavy (non-hydrogen) atoms. The van der Waals surface area contributed by atoms with Gasteiger partial charge in [0, 0.05) is 5.56 Å². The lowest BCUT2D eigenvalue weighted by atomic mass is 10.0. The van der Waals surface area contributed by atoms with Gasteiger partial charge in [-0.05, 0) is 23.8 Å². The molecule has 0 heterocycles. The number of methoxy groups -OCH3 is 1. The number of aliphatic hydroxyl groups excluding tert-OH is 3. The first kappa shape index (κ1) is 14.3. The molecule has 0 saturated carbocycles. The van der Waals surface area contributed by atoms with Gasteiger partial charge in [0.1, 0.15) is 11.9 Å². The van der Waals surface area contributed by atoms with E-state index in [0.717, 1.165) is 0 Å². The number of ether oxygens (including phenoxy) is 1. The summed E-state index contributed by atoms with van der Waals surface area (Å²) in [7, 11) is 1.49. The van der Waals surface area contributed by atoms with Gasteiger partial charge in [-0.15, -0.1) is 0 Å². The smallest absolute Gasteiger partial charge is 0.124 e. The van der Waals surface area contributed by atoms with Crippen molar-refractivity contribution in [3.63, 3.8) is 0 Å². The van der Waals surface area contributed by atoms with Gasteiger partial charge in [0.25, 0.3) is 0 Å². The Balaban J connectivity index is 2.91. The van der Waals surface area contributed by atoms with E-state index in [9.17, 15) is 10.2 Å². The van der Waals surface area contributed by atoms with Crippen molar-refractivity contribution in [3.05, 3.63) is 29.3 Å². The molecule has 2 atom stereocenters. The first-order valence-electron chi connectivity index (χ1n) is 5.38. The number of hydrogen-bond donors (Lipinski definition) is 4. The van der Waals surface area contributed by atoms with Crippen molar-refractivity contribution in [2.45, 2.75) is 25.2 Å². The predicted molar refractivity (Wildman–Crippen MR) is 68.4 cm³/mol. The minimum Gasteiger partial charge on any atom is -0.496 e. The third-order valence-corrected chi connectivity index (χ3v) is 2.87. The van der Waals surface area contributed by atoms with Gasteiger partial charge in [-0.1, -0.05) is 12.1 Å². The van der Waals surface area contributed by atoms with Crippen molar-refractivity contribution in [1.29, 1.82) is 0 Å². The fraction of sp³-hybridized carbons (Fsp3) is 0.500. The number of thiol groups is 1. The standard InChI is InChI=1S/C12H18O4S/c1-16-11-6-8(2-3-9(11)7-13)12(15)10(14)4-5-17/h2-3,6,10,12-15,17H,4-5,7H2,1H3. The van der Waals surface area contributed by atoms with Crippen molar-refractivity contribution in [2.24, 2.45) is 0 Å². The zero-order valence-electron chi connectivity index (χ0n) is 9.71. The van der Waals surface area contributed by atoms with Crippen LogP contribution in [-0.2, 0) is 6.61 Å². The summed E-state index contributed by atoms with van der Waals surface area (Å²) in [5, 5.41) is 28.6. The van der Waals surface area contributed by atoms with Gasteiger partial charge in [-0.2, -0.15) is 12.6 Å². The van der Waals surface area contributed by atoms with E-state index in [2.05, 4.69) is 12.6 Å². The van der Waals surface area contributed by atoms with Crippen LogP contribution in [0.5, 0.6) is 5.75 Å². The summed E-state index contributed by atoms with van der Waals surface area (Å²) in [6, 6.07) is 4.96. The third kappa shape index (κ3) is 3.61. The summed E-state index contributed by atoms with van der Waals surface area (Å²) in [4.78, 5) is 0. The van der Waals surface area contributed by atoms with Crippen LogP contribution in [0.25, 0.3) is 0 Å². The van der Waals surface area contributed by atoms with E-state index < -0.39 is 12.2 Å². The number of aliphatic hydroxyl groups is 3. The van der Waals surface area contributed by atoms with Gasteiger partial charge in [0.15, 0.2) is 0 Å². The van der Waals surface area contributed by atoms with Gasteiger partial charge in [0.2, 0.25) is 0 Å². The highest BCUT2D eigenvalue weighted by atomic mass is 32.1. The van der Waals surface area contributed by atoms with Gasteiger partial charge in [-0.25, -0.2) is 0 Å². The van der Waals surface area contributed by atoms with E-state index >= 15 is 0 Å². The second-order valence-electron chi connectivity index (χ2n) is 3.75. The van der Waals surface area contributed by atoms with Crippen LogP contribution in [0.15, 0.2) is 18.2 Å². The molecule has 3 N–H and O–H groups in total. The second kappa shape index (κ2) is 6.86. The zero-order chi connectivity index (χ0) is 12.8. The second-order valence-corrected chi connectivity index (χ2v) is 4.20. The van der Waals surface area contributed by atoms with Crippen LogP contribution < -0.4 is 4.74 Å². The molecule has 0 bridgehead atoms. The van der Waals surface area contributed by atoms with E-state index in [4.69, 9.17) is 9.84 Å². The fourth-order valence-electron chi connectivity index (χ4n) is 1.59. The number of benzene rings is 1. The largest absolute Gasteiger partial charge is 0.496 e. The summed E-state index contributed by atoms with van der Waals surface area (Å²) in [6.07, 6.45) is -1.41. The molecule has 0 radical (unpaired) electrons. The monoisotopic (exact) mass is 258 g/mol. The van der Waals surface area contributed by atoms with Crippen molar-refractivity contribution in [3.8, 4) is 5.75 Å². The molecule has 0 spiro atoms. The van der Waals surface area contributed by atoms with E-state index in [1.807, 2.05) is 0 Å². The van der Waals surface area contributed by atoms with Gasteiger partial charge in [-0.3, -0.25) is 0 Å². The van der Waals surface area contributed by atoms with Crippen molar-refractivity contribution in [2.75, 3.05) is 12.9 Å². The predicted octanol–water partition coefficient (Wildman–Crippen LogP) is 0.902. The van der Waals surface area contributed by atoms with Crippen molar-refractivity contribution in [1.82, 2.24) is 0 Å². The maximum Gasteiger partial charge on any atom is 0.124 e. The lowest BCUT2D eigenvalue weighted by molar-refractivity contribution is 0.0171. The molecule has 0 aliphatic carbocycles. The highest BCUT2D eigenvalue weighted by molar-refractivity contribution is 7.80. The first-order valence-corrected chi connectivity index (χ1v) is 6.02. The average molecular weight is 258 g/mol. The Hall–Kier alpha value is -0.750. The summed E-state index contributed by atoms with van der Waals surface area (Å²) < 4.78 is 5.10. The molecule has 96 valence electrons. The minimum absolute atomic E-state index is 0.126. The molecule has 0 aliphatic heterocycles. The number of rotatable bonds is 6. The van der Waals surface area contributed by atoms with Crippen LogP contribution in [0, 0.1) is 0 Å². The molecule has 0 fully saturated rings. The van der Waals surface area contributed by atoms with E-state index in [-0.39, 0.29) is 6.61 Å². The lowest BCUT2D eigenvalue weighted by Gasteiger charge is -2.18. The molecule has 0 saturated heterocycles. The van der Waals surface area contributed by atoms with Gasteiger partial charge in [0.05, 0.1) is 19.8 Å². The zero-order valence-corrected chi connectivity index (χ0v) is 10.6. The molecule has 1 aromatic carbocycles. The normalized spacial score (nSPS) is 14.4. The van der Waals surface area contributed by atoms with E-state index in [1.165, 1.54) is 7.11 Å². The van der Waals surface area contributed by atoms with E-state index in [0.29, 0.717) is 29.1 Å². The summed E-state index contributed by atoms with van der Waals surface area (Å²) in [6.45, 7) is -0.126. The highest BCUT2D eigenvalue weighted by Crippen LogP contribution is 2.26. The van der Waals surface area contributed by atoms with Crippen LogP contribution in [0.1, 0.15) is 23.7 Å². The Labute approximate surface area is 106 Å². The molecule has 1 rings (SSSR count). The molecule has 2 unspecified atom stereocenters. The molecule has 4 nitrogen and oxygen atoms in total. The van der Waals surface area contributed by atoms with Gasteiger partial charge >= 0.3 is 0 Å². The van der Waals surface area contributed by atoms with Crippen LogP contribution in [0.2, 0.25) is 0 Å². The van der Waals surface area contributed by atoms with Crippen LogP contribution in [0.4, 0.5) is 0 Å². The van der Waals surface area contributed by atoms with Crippen molar-refractivity contribution >= 4 is 12.6 Å². The topological polar surface area (TPSA) is 69.9 Å². The third-order valence-electron chi connectivity index (χ3n) is 2.61. The van der Waals surface area contributed by atoms with Crippen molar-refractivity contribution < 1.29 is 20.1 Å². The van der Waals surface area contributed by atoms with Crippen LogP contribution in [0.3, 0.4) is 0 Å². The fourth-order valence-corrected chi connectivity index (χ4v) is 1.85. The maximum atomic E-state index is 9.90. The average Bonchev–Trinajstić information content (AvgIpc) is 2.37. The van der Waals surface area contributed by atoms with E-state index in [1.54, 1.807) is 18.2 Å². The Morgan fingerprint density at radius 2 is 2.06 bits per heavy atom. The Morgan fingerprint density at radius 1 is 1.35 bits per heavy atom. The Bertz CT molecular complexity index is 356. The first-order chi connectivity index (χ1) is 8.13. The molecule has 0 aliphatic rings. The molecule has 5 heteroatoms. The Morgan fingerprint density at radius 3 is 2.59 bits per heavy atom. The summed E-state index contributed by atoms with van der Waals surface area (Å²) >= 11 is 4.01. The van der Waals surface area contributed by atoms with Crippen LogP contribution in [-0.4, -0.2) is 34.3 Å². The summed E-state index contributed by atoms with van der Waals surface area (Å²) in [5.74, 6) is 1.01. The molecular weight excluding hydrogens is 240 g/mol.